The van der Waals surface area contributed by atoms with Crippen molar-refractivity contribution in [2.75, 3.05) is 0 Å². The molecule has 0 aliphatic heterocycles. The number of halogens is 1. The first-order valence-electron chi connectivity index (χ1n) is 5.04. The van der Waals surface area contributed by atoms with Crippen molar-refractivity contribution in [1.29, 1.82) is 0 Å². The molecule has 0 radical (unpaired) electrons. The summed E-state index contributed by atoms with van der Waals surface area (Å²) in [6.07, 6.45) is 1.34. The van der Waals surface area contributed by atoms with Crippen LogP contribution in [0.4, 0.5) is 0 Å². The molecule has 0 aliphatic rings. The van der Waals surface area contributed by atoms with Gasteiger partial charge >= 0.3 is 0 Å². The lowest BCUT2D eigenvalue weighted by molar-refractivity contribution is 0.780. The Balaban J connectivity index is 2.72. The first kappa shape index (κ1) is 3.59. The second kappa shape index (κ2) is 2.24. The van der Waals surface area contributed by atoms with Gasteiger partial charge in [0.25, 0.3) is 0 Å². The average molecular weight is 171 g/mol. The van der Waals surface area contributed by atoms with Gasteiger partial charge in [-0.05, 0) is 12.1 Å². The molecule has 1 aromatic carbocycles. The van der Waals surface area contributed by atoms with E-state index in [1.807, 2.05) is 0 Å². The van der Waals surface area contributed by atoms with E-state index in [9.17, 15) is 0 Å². The molecule has 0 unspecified atom stereocenters. The van der Waals surface area contributed by atoms with Crippen molar-refractivity contribution in [3.8, 4) is 0 Å². The fraction of sp³-hybridized carbons (Fsp3) is 0.125. The molecule has 0 N–H and O–H groups in total. The van der Waals surface area contributed by atoms with E-state index in [0.717, 1.165) is 4.68 Å². The Morgan fingerprint density at radius 2 is 2.73 bits per heavy atom. The smallest absolute Gasteiger partial charge is 0.0938 e. The second-order valence-corrected chi connectivity index (χ2v) is 2.54. The number of aromatic nitrogens is 2. The van der Waals surface area contributed by atoms with Crippen LogP contribution in [0.2, 0.25) is 5.02 Å². The van der Waals surface area contributed by atoms with E-state index < -0.39 is 6.98 Å². The van der Waals surface area contributed by atoms with Crippen LogP contribution in [-0.4, -0.2) is 9.78 Å². The molecular weight excluding hydrogens is 160 g/mol. The lowest BCUT2D eigenvalue weighted by Crippen LogP contribution is -1.84. The van der Waals surface area contributed by atoms with Crippen LogP contribution in [0.3, 0.4) is 0 Å². The zero-order valence-electron chi connectivity index (χ0n) is 9.50. The van der Waals surface area contributed by atoms with Gasteiger partial charge in [-0.15, -0.1) is 0 Å². The van der Waals surface area contributed by atoms with Gasteiger partial charge < -0.3 is 0 Å². The number of nitrogens with zero attached hydrogens (tertiary/aromatic N) is 2. The number of rotatable bonds is 0. The van der Waals surface area contributed by atoms with Gasteiger partial charge in [-0.25, -0.2) is 0 Å². The first-order valence-corrected chi connectivity index (χ1v) is 3.42. The monoisotopic (exact) mass is 170 g/mol. The number of hydrogen-bond donors (Lipinski definition) is 0. The Bertz CT molecular complexity index is 517. The molecular formula is C8H7ClN2. The van der Waals surface area contributed by atoms with Gasteiger partial charge in [-0.1, -0.05) is 17.7 Å². The van der Waals surface area contributed by atoms with Crippen LogP contribution in [-0.2, 0) is 6.98 Å². The Morgan fingerprint density at radius 3 is 3.55 bits per heavy atom. The zero-order chi connectivity index (χ0) is 11.2. The van der Waals surface area contributed by atoms with Crippen LogP contribution in [0.5, 0.6) is 0 Å². The predicted molar refractivity (Wildman–Crippen MR) is 45.7 cm³/mol. The zero-order valence-corrected chi connectivity index (χ0v) is 6.26. The maximum atomic E-state index is 7.46. The van der Waals surface area contributed by atoms with E-state index in [-0.39, 0.29) is 11.1 Å². The van der Waals surface area contributed by atoms with E-state index in [1.165, 1.54) is 12.3 Å². The van der Waals surface area contributed by atoms with Gasteiger partial charge in [0, 0.05) is 22.7 Å². The minimum Gasteiger partial charge on any atom is -0.275 e. The van der Waals surface area contributed by atoms with Crippen molar-refractivity contribution in [3.05, 3.63) is 29.4 Å². The van der Waals surface area contributed by atoms with Crippen LogP contribution in [0.25, 0.3) is 10.9 Å². The maximum Gasteiger partial charge on any atom is 0.0938 e. The molecule has 0 bridgehead atoms. The molecule has 0 spiro atoms. The summed E-state index contributed by atoms with van der Waals surface area (Å²) in [5, 5.41) is 4.58. The number of fused-ring (bicyclic) bond motifs is 1. The Kier molecular flexibility index (Phi) is 0.730. The second-order valence-electron chi connectivity index (χ2n) is 2.16. The molecule has 0 saturated carbocycles. The standard InChI is InChI=1S/C8H7ClN2/c1-11-5-6-7(9)3-2-4-8(6)10-11/h2-5H,1H3/i1D3,3D. The fourth-order valence-corrected chi connectivity index (χ4v) is 1.16. The third kappa shape index (κ3) is 0.994. The van der Waals surface area contributed by atoms with Gasteiger partial charge in [0.1, 0.15) is 0 Å². The predicted octanol–water partition coefficient (Wildman–Crippen LogP) is 2.23. The Labute approximate surface area is 75.0 Å². The van der Waals surface area contributed by atoms with Gasteiger partial charge in [0.05, 0.1) is 11.9 Å². The van der Waals surface area contributed by atoms with Gasteiger partial charge in [0.2, 0.25) is 0 Å². The number of benzene rings is 1. The molecule has 1 aromatic heterocycles. The van der Waals surface area contributed by atoms with Crippen molar-refractivity contribution < 1.29 is 5.48 Å². The van der Waals surface area contributed by atoms with Crippen molar-refractivity contribution in [2.45, 2.75) is 0 Å². The van der Waals surface area contributed by atoms with E-state index in [4.69, 9.17) is 17.1 Å². The van der Waals surface area contributed by atoms with Crippen LogP contribution in [0, 0.1) is 0 Å². The summed E-state index contributed by atoms with van der Waals surface area (Å²) in [4.78, 5) is 0. The SMILES string of the molecule is [2H]c1ccc2nn(C([2H])([2H])[2H])cc2c1Cl. The normalized spacial score (nSPS) is 17.2. The molecule has 0 atom stereocenters. The number of aryl methyl sites for hydroxylation is 1. The van der Waals surface area contributed by atoms with Crippen LogP contribution < -0.4 is 0 Å². The first-order chi connectivity index (χ1) is 6.89. The van der Waals surface area contributed by atoms with Crippen molar-refractivity contribution in [2.24, 2.45) is 6.98 Å². The Morgan fingerprint density at radius 1 is 1.82 bits per heavy atom. The van der Waals surface area contributed by atoms with Crippen molar-refractivity contribution in [3.63, 3.8) is 0 Å². The summed E-state index contributed by atoms with van der Waals surface area (Å²) < 4.78 is 29.9. The molecule has 0 amide bonds. The quantitative estimate of drug-likeness (QED) is 0.593. The lowest BCUT2D eigenvalue weighted by Gasteiger charge is -1.87. The van der Waals surface area contributed by atoms with Gasteiger partial charge in [-0.3, -0.25) is 4.68 Å². The molecule has 11 heavy (non-hydrogen) atoms. The molecule has 2 aromatic rings. The lowest BCUT2D eigenvalue weighted by atomic mass is 10.3. The summed E-state index contributed by atoms with van der Waals surface area (Å²) in [5.41, 5.74) is 0.479. The minimum atomic E-state index is -2.31. The highest BCUT2D eigenvalue weighted by Gasteiger charge is 2.00. The highest BCUT2D eigenvalue weighted by molar-refractivity contribution is 6.35. The van der Waals surface area contributed by atoms with E-state index in [2.05, 4.69) is 5.10 Å². The molecule has 1 heterocycles. The van der Waals surface area contributed by atoms with Crippen LogP contribution in [0.1, 0.15) is 5.48 Å². The van der Waals surface area contributed by atoms with E-state index in [0.29, 0.717) is 10.9 Å². The molecule has 0 fully saturated rings. The third-order valence-corrected chi connectivity index (χ3v) is 1.74. The average Bonchev–Trinajstić information content (AvgIpc) is 2.55. The highest BCUT2D eigenvalue weighted by Crippen LogP contribution is 2.20. The van der Waals surface area contributed by atoms with E-state index in [1.54, 1.807) is 6.07 Å². The molecule has 0 saturated heterocycles. The van der Waals surface area contributed by atoms with Gasteiger partial charge in [0.15, 0.2) is 0 Å². The fourth-order valence-electron chi connectivity index (χ4n) is 0.951. The molecule has 0 aliphatic carbocycles. The summed E-state index contributed by atoms with van der Waals surface area (Å²) in [7, 11) is 0. The summed E-state index contributed by atoms with van der Waals surface area (Å²) in [6, 6.07) is 3.22. The molecule has 2 rings (SSSR count). The maximum absolute atomic E-state index is 7.46. The van der Waals surface area contributed by atoms with Crippen molar-refractivity contribution in [1.82, 2.24) is 9.78 Å². The largest absolute Gasteiger partial charge is 0.275 e. The molecule has 2 nitrogen and oxygen atoms in total. The summed E-state index contributed by atoms with van der Waals surface area (Å²) in [5.74, 6) is 0. The Hall–Kier alpha value is -1.02. The van der Waals surface area contributed by atoms with Gasteiger partial charge in [-0.2, -0.15) is 5.10 Å². The molecule has 3 heteroatoms. The third-order valence-electron chi connectivity index (χ3n) is 1.43. The van der Waals surface area contributed by atoms with Crippen molar-refractivity contribution >= 4 is 22.5 Å². The van der Waals surface area contributed by atoms with E-state index >= 15 is 0 Å². The summed E-state index contributed by atoms with van der Waals surface area (Å²) in [6.45, 7) is -2.31. The van der Waals surface area contributed by atoms with Crippen LogP contribution in [0.15, 0.2) is 24.4 Å². The topological polar surface area (TPSA) is 17.8 Å². The number of hydrogen-bond acceptors (Lipinski definition) is 1. The highest BCUT2D eigenvalue weighted by atomic mass is 35.5. The minimum absolute atomic E-state index is 0.161. The van der Waals surface area contributed by atoms with Crippen LogP contribution >= 0.6 is 11.6 Å². The summed E-state index contributed by atoms with van der Waals surface area (Å²) >= 11 is 5.86. The molecule has 56 valence electrons.